The molecule has 0 saturated carbocycles. The highest BCUT2D eigenvalue weighted by Gasteiger charge is 2.30. The van der Waals surface area contributed by atoms with Gasteiger partial charge in [0.2, 0.25) is 11.8 Å². The van der Waals surface area contributed by atoms with E-state index in [1.165, 1.54) is 13.2 Å². The van der Waals surface area contributed by atoms with Crippen LogP contribution in [0, 0.1) is 6.92 Å². The van der Waals surface area contributed by atoms with Gasteiger partial charge in [-0.15, -0.1) is 0 Å². The molecular formula is C26H32F3N5O5S. The molecule has 0 bridgehead atoms. The van der Waals surface area contributed by atoms with Crippen LogP contribution in [0.3, 0.4) is 0 Å². The fourth-order valence-corrected chi connectivity index (χ4v) is 4.89. The third kappa shape index (κ3) is 8.98. The van der Waals surface area contributed by atoms with Crippen LogP contribution in [0.15, 0.2) is 40.0 Å². The van der Waals surface area contributed by atoms with Gasteiger partial charge in [0, 0.05) is 57.3 Å². The van der Waals surface area contributed by atoms with Crippen LogP contribution >= 0.6 is 11.8 Å². The lowest BCUT2D eigenvalue weighted by atomic mass is 10.3. The van der Waals surface area contributed by atoms with Gasteiger partial charge in [0.25, 0.3) is 5.22 Å². The normalized spacial score (nSPS) is 14.9. The van der Waals surface area contributed by atoms with Gasteiger partial charge in [-0.05, 0) is 19.1 Å². The number of carbonyl (C=O) groups is 1. The van der Waals surface area contributed by atoms with E-state index in [2.05, 4.69) is 20.2 Å². The predicted octanol–water partition coefficient (Wildman–Crippen LogP) is 3.85. The third-order valence-corrected chi connectivity index (χ3v) is 6.81. The number of para-hydroxylation sites is 2. The number of aryl methyl sites for hydroxylation is 1. The lowest BCUT2D eigenvalue weighted by Crippen LogP contribution is -2.49. The van der Waals surface area contributed by atoms with E-state index >= 15 is 0 Å². The number of fused-ring (bicyclic) bond motifs is 1. The monoisotopic (exact) mass is 583 g/mol. The molecule has 1 aromatic carbocycles. The van der Waals surface area contributed by atoms with Crippen molar-refractivity contribution in [2.24, 2.45) is 0 Å². The molecule has 0 radical (unpaired) electrons. The molecule has 218 valence electrons. The van der Waals surface area contributed by atoms with Gasteiger partial charge in [-0.1, -0.05) is 23.9 Å². The summed E-state index contributed by atoms with van der Waals surface area (Å²) in [6.07, 6.45) is -4.55. The number of alkyl halides is 3. The van der Waals surface area contributed by atoms with Crippen molar-refractivity contribution in [3.05, 3.63) is 36.0 Å². The van der Waals surface area contributed by atoms with Crippen LogP contribution in [0.25, 0.3) is 11.1 Å². The number of thioether (sulfide) groups is 1. The molecule has 1 aliphatic rings. The van der Waals surface area contributed by atoms with Gasteiger partial charge < -0.3 is 23.9 Å². The van der Waals surface area contributed by atoms with E-state index in [4.69, 9.17) is 18.6 Å². The van der Waals surface area contributed by atoms with E-state index in [-0.39, 0.29) is 37.1 Å². The fraction of sp³-hybridized carbons (Fsp3) is 0.500. The summed E-state index contributed by atoms with van der Waals surface area (Å²) in [5.41, 5.74) is 1.95. The Morgan fingerprint density at radius 2 is 1.85 bits per heavy atom. The SMILES string of the molecule is COCCOc1nc(C)cc(OCC(F)(F)F)c1NC(=O)CN1CCN(CCSc2nc3ccccc3o2)CC1. The first-order valence-corrected chi connectivity index (χ1v) is 13.7. The van der Waals surface area contributed by atoms with Crippen molar-refractivity contribution in [1.29, 1.82) is 0 Å². The molecule has 3 heterocycles. The maximum absolute atomic E-state index is 12.9. The molecule has 1 N–H and O–H groups in total. The molecule has 1 fully saturated rings. The van der Waals surface area contributed by atoms with Gasteiger partial charge in [0.05, 0.1) is 13.2 Å². The summed E-state index contributed by atoms with van der Waals surface area (Å²) < 4.78 is 59.8. The molecule has 0 atom stereocenters. The number of amides is 1. The molecule has 2 aromatic heterocycles. The third-order valence-electron chi connectivity index (χ3n) is 6.00. The molecule has 0 aliphatic carbocycles. The molecule has 3 aromatic rings. The molecule has 14 heteroatoms. The number of benzene rings is 1. The van der Waals surface area contributed by atoms with E-state index in [0.717, 1.165) is 36.5 Å². The number of hydrogen-bond acceptors (Lipinski definition) is 10. The summed E-state index contributed by atoms with van der Waals surface area (Å²) in [5, 5.41) is 3.30. The van der Waals surface area contributed by atoms with E-state index < -0.39 is 18.7 Å². The van der Waals surface area contributed by atoms with Crippen molar-refractivity contribution >= 4 is 34.5 Å². The zero-order valence-corrected chi connectivity index (χ0v) is 23.1. The largest absolute Gasteiger partial charge is 0.482 e. The number of ether oxygens (including phenoxy) is 3. The molecule has 0 unspecified atom stereocenters. The van der Waals surface area contributed by atoms with Crippen molar-refractivity contribution in [2.45, 2.75) is 18.3 Å². The molecule has 40 heavy (non-hydrogen) atoms. The highest BCUT2D eigenvalue weighted by Crippen LogP contribution is 2.35. The van der Waals surface area contributed by atoms with Crippen LogP contribution in [0.5, 0.6) is 11.6 Å². The number of aromatic nitrogens is 2. The number of piperazine rings is 1. The number of anilines is 1. The van der Waals surface area contributed by atoms with Crippen LogP contribution < -0.4 is 14.8 Å². The van der Waals surface area contributed by atoms with Gasteiger partial charge in [-0.2, -0.15) is 13.2 Å². The van der Waals surface area contributed by atoms with Gasteiger partial charge in [0.1, 0.15) is 17.8 Å². The average Bonchev–Trinajstić information content (AvgIpc) is 3.32. The number of halogens is 3. The first kappa shape index (κ1) is 29.9. The van der Waals surface area contributed by atoms with Crippen LogP contribution in [-0.4, -0.2) is 104 Å². The minimum Gasteiger partial charge on any atom is -0.482 e. The topological polar surface area (TPSA) is 102 Å². The van der Waals surface area contributed by atoms with E-state index in [0.29, 0.717) is 24.0 Å². The zero-order chi connectivity index (χ0) is 28.5. The molecule has 1 saturated heterocycles. The maximum atomic E-state index is 12.9. The minimum atomic E-state index is -4.55. The summed E-state index contributed by atoms with van der Waals surface area (Å²) in [4.78, 5) is 25.9. The number of nitrogens with one attached hydrogen (secondary N) is 1. The van der Waals surface area contributed by atoms with Crippen LogP contribution in [0.4, 0.5) is 18.9 Å². The standard InChI is InChI=1S/C26H32F3N5O5S/c1-18-15-21(38-17-26(27,28)29)23(24(30-18)37-13-12-36-2)32-22(35)16-34-9-7-33(8-10-34)11-14-40-25-31-19-5-3-4-6-20(19)39-25/h3-6,15H,7-14,16-17H2,1-2H3,(H,32,35). The van der Waals surface area contributed by atoms with Crippen LogP contribution in [0.1, 0.15) is 5.69 Å². The van der Waals surface area contributed by atoms with Crippen LogP contribution in [0.2, 0.25) is 0 Å². The van der Waals surface area contributed by atoms with Crippen LogP contribution in [-0.2, 0) is 9.53 Å². The molecular weight excluding hydrogens is 551 g/mol. The summed E-state index contributed by atoms with van der Waals surface area (Å²) in [7, 11) is 1.49. The Balaban J connectivity index is 1.27. The smallest absolute Gasteiger partial charge is 0.422 e. The Labute approximate surface area is 234 Å². The Kier molecular flexibility index (Phi) is 10.5. The zero-order valence-electron chi connectivity index (χ0n) is 22.3. The Morgan fingerprint density at radius 1 is 1.10 bits per heavy atom. The van der Waals surface area contributed by atoms with Gasteiger partial charge in [-0.3, -0.25) is 14.6 Å². The molecule has 4 rings (SSSR count). The van der Waals surface area contributed by atoms with Crippen molar-refractivity contribution in [3.63, 3.8) is 0 Å². The van der Waals surface area contributed by atoms with Gasteiger partial charge in [0.15, 0.2) is 17.9 Å². The molecule has 10 nitrogen and oxygen atoms in total. The maximum Gasteiger partial charge on any atom is 0.422 e. The second-order valence-corrected chi connectivity index (χ2v) is 10.2. The number of methoxy groups -OCH3 is 1. The second kappa shape index (κ2) is 14.0. The second-order valence-electron chi connectivity index (χ2n) is 9.15. The lowest BCUT2D eigenvalue weighted by molar-refractivity contribution is -0.153. The number of pyridine rings is 1. The number of hydrogen-bond donors (Lipinski definition) is 1. The Morgan fingerprint density at radius 3 is 2.58 bits per heavy atom. The van der Waals surface area contributed by atoms with Crippen molar-refractivity contribution in [3.8, 4) is 11.6 Å². The first-order chi connectivity index (χ1) is 19.2. The van der Waals surface area contributed by atoms with Crippen molar-refractivity contribution in [1.82, 2.24) is 19.8 Å². The minimum absolute atomic E-state index is 0.0242. The fourth-order valence-electron chi connectivity index (χ4n) is 4.06. The summed E-state index contributed by atoms with van der Waals surface area (Å²) in [6, 6.07) is 8.98. The predicted molar refractivity (Wildman–Crippen MR) is 144 cm³/mol. The van der Waals surface area contributed by atoms with Crippen molar-refractivity contribution in [2.75, 3.05) is 77.3 Å². The molecule has 1 aliphatic heterocycles. The number of rotatable bonds is 13. The summed E-state index contributed by atoms with van der Waals surface area (Å²) in [6.45, 7) is 4.22. The number of carbonyl (C=O) groups excluding carboxylic acids is 1. The average molecular weight is 584 g/mol. The van der Waals surface area contributed by atoms with Gasteiger partial charge in [-0.25, -0.2) is 9.97 Å². The van der Waals surface area contributed by atoms with E-state index in [1.807, 2.05) is 29.2 Å². The van der Waals surface area contributed by atoms with Gasteiger partial charge >= 0.3 is 6.18 Å². The van der Waals surface area contributed by atoms with E-state index in [1.54, 1.807) is 18.7 Å². The number of nitrogens with zero attached hydrogens (tertiary/aromatic N) is 4. The molecule has 0 spiro atoms. The lowest BCUT2D eigenvalue weighted by Gasteiger charge is -2.34. The summed E-state index contributed by atoms with van der Waals surface area (Å²) in [5.74, 6) is 0.232. The summed E-state index contributed by atoms with van der Waals surface area (Å²) >= 11 is 1.56. The molecule has 1 amide bonds. The highest BCUT2D eigenvalue weighted by molar-refractivity contribution is 7.99. The van der Waals surface area contributed by atoms with E-state index in [9.17, 15) is 18.0 Å². The Hall–Kier alpha value is -3.07. The quantitative estimate of drug-likeness (QED) is 0.236. The first-order valence-electron chi connectivity index (χ1n) is 12.8. The Bertz CT molecular complexity index is 1230. The number of oxazole rings is 1. The highest BCUT2D eigenvalue weighted by atomic mass is 32.2. The van der Waals surface area contributed by atoms with Crippen molar-refractivity contribution < 1.29 is 36.6 Å².